The van der Waals surface area contributed by atoms with Crippen molar-refractivity contribution >= 4 is 0 Å². The maximum Gasteiger partial charge on any atom is 0.0164 e. The van der Waals surface area contributed by atoms with Gasteiger partial charge in [-0.25, -0.2) is 0 Å². The van der Waals surface area contributed by atoms with Crippen LogP contribution in [-0.2, 0) is 0 Å². The monoisotopic (exact) mass is 241 g/mol. The smallest absolute Gasteiger partial charge is 0.0164 e. The molecule has 104 valence electrons. The molecule has 0 atom stereocenters. The highest BCUT2D eigenvalue weighted by Crippen LogP contribution is 2.33. The molecule has 0 aliphatic rings. The van der Waals surface area contributed by atoms with Crippen molar-refractivity contribution in [3.8, 4) is 0 Å². The van der Waals surface area contributed by atoms with Gasteiger partial charge in [0.05, 0.1) is 0 Å². The molecule has 0 heterocycles. The van der Waals surface area contributed by atoms with E-state index in [2.05, 4.69) is 53.8 Å². The number of hydrogen-bond acceptors (Lipinski definition) is 1. The highest BCUT2D eigenvalue weighted by Gasteiger charge is 2.33. The molecule has 1 N–H and O–H groups in total. The maximum atomic E-state index is 3.78. The van der Waals surface area contributed by atoms with Crippen molar-refractivity contribution in [3.05, 3.63) is 0 Å². The minimum Gasteiger partial charge on any atom is -0.313 e. The summed E-state index contributed by atoms with van der Waals surface area (Å²) in [7, 11) is 0. The first-order valence-electron chi connectivity index (χ1n) is 7.43. The van der Waals surface area contributed by atoms with Crippen molar-refractivity contribution < 1.29 is 0 Å². The molecule has 0 amide bonds. The number of hydrogen-bond donors (Lipinski definition) is 1. The van der Waals surface area contributed by atoms with Gasteiger partial charge in [-0.3, -0.25) is 0 Å². The highest BCUT2D eigenvalue weighted by atomic mass is 14.9. The van der Waals surface area contributed by atoms with Crippen molar-refractivity contribution in [3.63, 3.8) is 0 Å². The summed E-state index contributed by atoms with van der Waals surface area (Å²) in [5.41, 5.74) is 0.670. The Labute approximate surface area is 110 Å². The third kappa shape index (κ3) is 7.81. The van der Waals surface area contributed by atoms with Crippen LogP contribution < -0.4 is 5.32 Å². The fourth-order valence-electron chi connectivity index (χ4n) is 2.89. The Morgan fingerprint density at radius 1 is 0.765 bits per heavy atom. The summed E-state index contributed by atoms with van der Waals surface area (Å²) < 4.78 is 0. The molecule has 0 aromatic rings. The topological polar surface area (TPSA) is 12.0 Å². The van der Waals surface area contributed by atoms with Gasteiger partial charge in [-0.15, -0.1) is 0 Å². The van der Waals surface area contributed by atoms with E-state index in [9.17, 15) is 0 Å². The van der Waals surface area contributed by atoms with Crippen LogP contribution in [0, 0.1) is 10.8 Å². The van der Waals surface area contributed by atoms with Crippen LogP contribution in [0.1, 0.15) is 80.6 Å². The molecule has 0 aromatic heterocycles. The van der Waals surface area contributed by atoms with E-state index >= 15 is 0 Å². The van der Waals surface area contributed by atoms with Gasteiger partial charge in [-0.2, -0.15) is 0 Å². The van der Waals surface area contributed by atoms with Crippen LogP contribution in [0.25, 0.3) is 0 Å². The lowest BCUT2D eigenvalue weighted by Crippen LogP contribution is -2.49. The van der Waals surface area contributed by atoms with E-state index in [-0.39, 0.29) is 0 Å². The van der Waals surface area contributed by atoms with E-state index in [0.717, 1.165) is 0 Å². The molecule has 0 saturated carbocycles. The predicted molar refractivity (Wildman–Crippen MR) is 79.5 cm³/mol. The minimum absolute atomic E-state index is 0.335. The second kappa shape index (κ2) is 7.41. The SMILES string of the molecule is CCCCCCCNC(C(C)(C)C)C(C)(C)C. The van der Waals surface area contributed by atoms with Crippen LogP contribution in [0.4, 0.5) is 0 Å². The molecular weight excluding hydrogens is 206 g/mol. The predicted octanol–water partition coefficient (Wildman–Crippen LogP) is 5.01. The second-order valence-electron chi connectivity index (χ2n) is 7.53. The molecular formula is C16H35N. The summed E-state index contributed by atoms with van der Waals surface area (Å²) in [6.07, 6.45) is 6.82. The van der Waals surface area contributed by atoms with Gasteiger partial charge >= 0.3 is 0 Å². The molecule has 0 rings (SSSR count). The third-order valence-corrected chi connectivity index (χ3v) is 3.36. The highest BCUT2D eigenvalue weighted by molar-refractivity contribution is 4.89. The lowest BCUT2D eigenvalue weighted by molar-refractivity contribution is 0.140. The first-order valence-corrected chi connectivity index (χ1v) is 7.43. The Bertz CT molecular complexity index is 169. The summed E-state index contributed by atoms with van der Waals surface area (Å²) in [6.45, 7) is 17.5. The van der Waals surface area contributed by atoms with Gasteiger partial charge in [0.1, 0.15) is 0 Å². The van der Waals surface area contributed by atoms with Gasteiger partial charge in [-0.1, -0.05) is 74.1 Å². The van der Waals surface area contributed by atoms with Crippen LogP contribution in [0.15, 0.2) is 0 Å². The summed E-state index contributed by atoms with van der Waals surface area (Å²) in [5, 5.41) is 3.78. The maximum absolute atomic E-state index is 3.78. The quantitative estimate of drug-likeness (QED) is 0.618. The Balaban J connectivity index is 3.95. The average molecular weight is 241 g/mol. The van der Waals surface area contributed by atoms with Crippen molar-refractivity contribution in [2.24, 2.45) is 10.8 Å². The van der Waals surface area contributed by atoms with Crippen molar-refractivity contribution in [2.45, 2.75) is 86.6 Å². The fraction of sp³-hybridized carbons (Fsp3) is 1.00. The zero-order valence-corrected chi connectivity index (χ0v) is 13.3. The van der Waals surface area contributed by atoms with Crippen LogP contribution >= 0.6 is 0 Å². The van der Waals surface area contributed by atoms with Gasteiger partial charge in [0.15, 0.2) is 0 Å². The number of rotatable bonds is 7. The zero-order chi connectivity index (χ0) is 13.5. The Morgan fingerprint density at radius 3 is 1.65 bits per heavy atom. The standard InChI is InChI=1S/C16H35N/c1-8-9-10-11-12-13-17-14(15(2,3)4)16(5,6)7/h14,17H,8-13H2,1-7H3. The molecule has 0 unspecified atom stereocenters. The molecule has 1 nitrogen and oxygen atoms in total. The molecule has 0 saturated heterocycles. The molecule has 0 aromatic carbocycles. The lowest BCUT2D eigenvalue weighted by atomic mass is 9.72. The summed E-state index contributed by atoms with van der Waals surface area (Å²) in [5.74, 6) is 0. The summed E-state index contributed by atoms with van der Waals surface area (Å²) >= 11 is 0. The minimum atomic E-state index is 0.335. The van der Waals surface area contributed by atoms with Crippen LogP contribution in [0.2, 0.25) is 0 Å². The van der Waals surface area contributed by atoms with Gasteiger partial charge in [0.2, 0.25) is 0 Å². The number of nitrogens with one attached hydrogen (secondary N) is 1. The van der Waals surface area contributed by atoms with E-state index in [0.29, 0.717) is 16.9 Å². The number of unbranched alkanes of at least 4 members (excludes halogenated alkanes) is 4. The largest absolute Gasteiger partial charge is 0.313 e. The molecule has 1 heteroatoms. The first kappa shape index (κ1) is 17.0. The van der Waals surface area contributed by atoms with E-state index in [1.54, 1.807) is 0 Å². The first-order chi connectivity index (χ1) is 7.69. The van der Waals surface area contributed by atoms with Crippen LogP contribution in [0.5, 0.6) is 0 Å². The van der Waals surface area contributed by atoms with E-state index in [1.165, 1.54) is 38.6 Å². The third-order valence-electron chi connectivity index (χ3n) is 3.36. The average Bonchev–Trinajstić information content (AvgIpc) is 2.12. The van der Waals surface area contributed by atoms with Crippen molar-refractivity contribution in [2.75, 3.05) is 6.54 Å². The summed E-state index contributed by atoms with van der Waals surface area (Å²) in [6, 6.07) is 0.584. The normalized spacial score (nSPS) is 13.4. The zero-order valence-electron chi connectivity index (χ0n) is 13.3. The molecule has 0 fully saturated rings. The van der Waals surface area contributed by atoms with E-state index < -0.39 is 0 Å². The Morgan fingerprint density at radius 2 is 1.24 bits per heavy atom. The second-order valence-corrected chi connectivity index (χ2v) is 7.53. The summed E-state index contributed by atoms with van der Waals surface area (Å²) in [4.78, 5) is 0. The Hall–Kier alpha value is -0.0400. The molecule has 0 radical (unpaired) electrons. The van der Waals surface area contributed by atoms with Crippen molar-refractivity contribution in [1.82, 2.24) is 5.32 Å². The molecule has 17 heavy (non-hydrogen) atoms. The van der Waals surface area contributed by atoms with E-state index in [4.69, 9.17) is 0 Å². The molecule has 0 aliphatic carbocycles. The molecule has 0 aliphatic heterocycles. The van der Waals surface area contributed by atoms with Crippen molar-refractivity contribution in [1.29, 1.82) is 0 Å². The Kier molecular flexibility index (Phi) is 7.39. The van der Waals surface area contributed by atoms with Gasteiger partial charge in [-0.05, 0) is 23.8 Å². The van der Waals surface area contributed by atoms with Gasteiger partial charge in [0, 0.05) is 6.04 Å². The van der Waals surface area contributed by atoms with Gasteiger partial charge < -0.3 is 5.32 Å². The fourth-order valence-corrected chi connectivity index (χ4v) is 2.89. The lowest BCUT2D eigenvalue weighted by Gasteiger charge is -2.41. The van der Waals surface area contributed by atoms with Crippen LogP contribution in [-0.4, -0.2) is 12.6 Å². The molecule has 0 spiro atoms. The molecule has 0 bridgehead atoms. The van der Waals surface area contributed by atoms with E-state index in [1.807, 2.05) is 0 Å². The van der Waals surface area contributed by atoms with Crippen LogP contribution in [0.3, 0.4) is 0 Å². The van der Waals surface area contributed by atoms with Gasteiger partial charge in [0.25, 0.3) is 0 Å².